The van der Waals surface area contributed by atoms with Crippen LogP contribution in [-0.4, -0.2) is 174 Å². The molecule has 0 radical (unpaired) electrons. The molecule has 0 amide bonds. The molecule has 0 fully saturated rings. The van der Waals surface area contributed by atoms with E-state index in [9.17, 15) is 28.8 Å². The molecule has 0 aromatic heterocycles. The molecule has 0 aliphatic rings. The molecule has 0 aromatic rings. The molecule has 0 spiro atoms. The average Bonchev–Trinajstić information content (AvgIpc) is 0.916. The zero-order chi connectivity index (χ0) is 81.4. The van der Waals surface area contributed by atoms with Crippen LogP contribution in [0.25, 0.3) is 0 Å². The zero-order valence-electron chi connectivity index (χ0n) is 75.1. The van der Waals surface area contributed by atoms with Gasteiger partial charge in [-0.3, -0.25) is 33.7 Å². The first-order valence-corrected chi connectivity index (χ1v) is 48.8. The van der Waals surface area contributed by atoms with Crippen LogP contribution >= 0.6 is 0 Å². The summed E-state index contributed by atoms with van der Waals surface area (Å²) in [5, 5.41) is 0. The minimum absolute atomic E-state index is 0.197. The second-order valence-corrected chi connectivity index (χ2v) is 33.3. The van der Waals surface area contributed by atoms with Crippen LogP contribution in [0, 0.1) is 0 Å². The van der Waals surface area contributed by atoms with Gasteiger partial charge >= 0.3 is 35.8 Å². The fraction of sp³-hybridized carbons (Fsp3) is 0.938. The van der Waals surface area contributed by atoms with Crippen LogP contribution in [0.3, 0.4) is 0 Å². The molecule has 0 saturated carbocycles. The number of rotatable bonds is 93. The van der Waals surface area contributed by atoms with E-state index < -0.39 is 0 Å². The van der Waals surface area contributed by atoms with E-state index in [1.165, 1.54) is 270 Å². The van der Waals surface area contributed by atoms with E-state index in [4.69, 9.17) is 28.4 Å². The van der Waals surface area contributed by atoms with Crippen molar-refractivity contribution in [1.29, 1.82) is 0 Å². The van der Waals surface area contributed by atoms with E-state index in [1.54, 1.807) is 0 Å². The number of hydrogen-bond donors (Lipinski definition) is 0. The highest BCUT2D eigenvalue weighted by atomic mass is 16.6. The molecule has 16 heteroatoms. The third-order valence-corrected chi connectivity index (χ3v) is 22.6. The molecule has 0 rings (SSSR count). The van der Waals surface area contributed by atoms with Crippen LogP contribution in [0.15, 0.2) is 0 Å². The fourth-order valence-corrected chi connectivity index (χ4v) is 14.8. The first-order valence-electron chi connectivity index (χ1n) is 48.8. The van der Waals surface area contributed by atoms with Crippen molar-refractivity contribution < 1.29 is 57.2 Å². The summed E-state index contributed by atoms with van der Waals surface area (Å²) in [6, 6.07) is 0. The molecular weight excluding hydrogens is 1400 g/mol. The van der Waals surface area contributed by atoms with Gasteiger partial charge in [0.15, 0.2) is 0 Å². The second-order valence-electron chi connectivity index (χ2n) is 33.3. The van der Waals surface area contributed by atoms with Gasteiger partial charge in [-0.15, -0.1) is 0 Å². The molecule has 662 valence electrons. The van der Waals surface area contributed by atoms with Crippen LogP contribution in [-0.2, 0) is 57.2 Å². The summed E-state index contributed by atoms with van der Waals surface area (Å²) in [5.41, 5.74) is 0. The summed E-state index contributed by atoms with van der Waals surface area (Å²) in [6.07, 6.45) is 73.3. The Morgan fingerprint density at radius 1 is 0.143 bits per heavy atom. The third kappa shape index (κ3) is 83.2. The maximum atomic E-state index is 13.5. The van der Waals surface area contributed by atoms with Crippen molar-refractivity contribution >= 4 is 35.8 Å². The van der Waals surface area contributed by atoms with Gasteiger partial charge in [0.05, 0.1) is 78.2 Å². The smallest absolute Gasteiger partial charge is 0.307 e. The lowest BCUT2D eigenvalue weighted by Gasteiger charge is -2.32. The van der Waals surface area contributed by atoms with Gasteiger partial charge in [0.2, 0.25) is 0 Å². The van der Waals surface area contributed by atoms with E-state index in [1.807, 2.05) is 0 Å². The number of carbonyl (C=O) groups excluding carboxylic acids is 6. The Balaban J connectivity index is 6.87. The highest BCUT2D eigenvalue weighted by Gasteiger charge is 2.21. The highest BCUT2D eigenvalue weighted by Crippen LogP contribution is 2.18. The Bertz CT molecular complexity index is 1670. The molecule has 0 aliphatic carbocycles. The van der Waals surface area contributed by atoms with Gasteiger partial charge in [-0.1, -0.05) is 388 Å². The maximum absolute atomic E-state index is 13.5. The topological polar surface area (TPSA) is 171 Å². The Kier molecular flexibility index (Phi) is 87.3. The van der Waals surface area contributed by atoms with Gasteiger partial charge < -0.3 is 43.1 Å². The van der Waals surface area contributed by atoms with E-state index in [0.29, 0.717) is 118 Å². The minimum atomic E-state index is -0.235. The first kappa shape index (κ1) is 109. The quantitative estimate of drug-likeness (QED) is 0.0320. The Morgan fingerprint density at radius 3 is 0.357 bits per heavy atom. The van der Waals surface area contributed by atoms with Crippen molar-refractivity contribution in [3.63, 3.8) is 0 Å². The fourth-order valence-electron chi connectivity index (χ4n) is 14.8. The number of ether oxygens (including phenoxy) is 6. The number of carbonyl (C=O) groups is 6. The summed E-state index contributed by atoms with van der Waals surface area (Å²) in [6.45, 7) is 21.8. The van der Waals surface area contributed by atoms with Gasteiger partial charge in [0.1, 0.15) is 0 Å². The lowest BCUT2D eigenvalue weighted by Crippen LogP contribution is -2.45. The molecule has 0 atom stereocenters. The largest absolute Gasteiger partial charge is 0.466 e. The van der Waals surface area contributed by atoms with Crippen LogP contribution < -0.4 is 0 Å². The SMILES string of the molecule is CCCCCCCCCCCCOC(=O)CCN(CCC(=O)OCCCCCCCCCCCC)CCN(CCN(CCC(=O)OCCCCCCCCCCCC)CCC(=O)OCCCCCCCCCCCC)CCN(CCC(=O)OCCCCCCCCCCCC)CCC(=O)OCCCCCCCCCCCC. The van der Waals surface area contributed by atoms with Gasteiger partial charge in [-0.05, 0) is 38.5 Å². The summed E-state index contributed by atoms with van der Waals surface area (Å²) in [4.78, 5) is 90.2. The van der Waals surface area contributed by atoms with Crippen LogP contribution in [0.2, 0.25) is 0 Å². The van der Waals surface area contributed by atoms with Gasteiger partial charge in [0, 0.05) is 78.5 Å². The number of esters is 6. The molecule has 0 bridgehead atoms. The predicted octanol–water partition coefficient (Wildman–Crippen LogP) is 25.3. The summed E-state index contributed by atoms with van der Waals surface area (Å²) in [5.74, 6) is -1.41. The number of hydrogen-bond acceptors (Lipinski definition) is 16. The summed E-state index contributed by atoms with van der Waals surface area (Å²) in [7, 11) is 0. The summed E-state index contributed by atoms with van der Waals surface area (Å²) < 4.78 is 35.1. The van der Waals surface area contributed by atoms with E-state index in [0.717, 1.165) is 116 Å². The van der Waals surface area contributed by atoms with Crippen molar-refractivity contribution in [3.8, 4) is 0 Å². The molecule has 0 unspecified atom stereocenters. The normalized spacial score (nSPS) is 11.6. The van der Waals surface area contributed by atoms with Crippen LogP contribution in [0.5, 0.6) is 0 Å². The van der Waals surface area contributed by atoms with Crippen molar-refractivity contribution in [2.24, 2.45) is 0 Å². The molecule has 0 aliphatic heterocycles. The third-order valence-electron chi connectivity index (χ3n) is 22.6. The van der Waals surface area contributed by atoms with Crippen molar-refractivity contribution in [3.05, 3.63) is 0 Å². The monoisotopic (exact) mass is 1590 g/mol. The molecule has 0 aromatic carbocycles. The highest BCUT2D eigenvalue weighted by molar-refractivity contribution is 5.71. The average molecular weight is 1590 g/mol. The molecule has 16 nitrogen and oxygen atoms in total. The standard InChI is InChI=1S/C96H186N4O12/c1-7-13-19-25-31-37-43-49-55-61-85-107-91(101)67-73-97(74-68-92(102)108-86-62-56-50-44-38-32-26-20-14-8-2)79-82-100(83-80-98(75-69-93(103)109-87-63-57-51-45-39-33-27-21-15-9-3)76-70-94(104)110-88-64-58-52-46-40-34-28-22-16-10-4)84-81-99(77-71-95(105)111-89-65-59-53-47-41-35-29-23-17-11-5)78-72-96(106)112-90-66-60-54-48-42-36-30-24-18-12-6/h7-90H2,1-6H3. The molecule has 0 saturated heterocycles. The Labute approximate surface area is 692 Å². The lowest BCUT2D eigenvalue weighted by atomic mass is 10.1. The van der Waals surface area contributed by atoms with Gasteiger partial charge in [-0.2, -0.15) is 0 Å². The zero-order valence-corrected chi connectivity index (χ0v) is 75.1. The van der Waals surface area contributed by atoms with Crippen molar-refractivity contribution in [1.82, 2.24) is 19.6 Å². The molecular formula is C96H186N4O12. The minimum Gasteiger partial charge on any atom is -0.466 e. The van der Waals surface area contributed by atoms with Gasteiger partial charge in [0.25, 0.3) is 0 Å². The van der Waals surface area contributed by atoms with Crippen molar-refractivity contribution in [2.75, 3.05) is 118 Å². The lowest BCUT2D eigenvalue weighted by molar-refractivity contribution is -0.146. The first-order chi connectivity index (χ1) is 55.0. The molecule has 0 N–H and O–H groups in total. The molecule has 112 heavy (non-hydrogen) atoms. The van der Waals surface area contributed by atoms with E-state index in [-0.39, 0.29) is 74.3 Å². The van der Waals surface area contributed by atoms with Crippen LogP contribution in [0.1, 0.15) is 465 Å². The van der Waals surface area contributed by atoms with Crippen molar-refractivity contribution in [2.45, 2.75) is 465 Å². The summed E-state index contributed by atoms with van der Waals surface area (Å²) >= 11 is 0. The Hall–Kier alpha value is -3.34. The van der Waals surface area contributed by atoms with Gasteiger partial charge in [-0.25, -0.2) is 0 Å². The number of unbranched alkanes of at least 4 members (excludes halogenated alkanes) is 54. The number of nitrogens with zero attached hydrogens (tertiary/aromatic N) is 4. The van der Waals surface area contributed by atoms with E-state index in [2.05, 4.69) is 61.1 Å². The predicted molar refractivity (Wildman–Crippen MR) is 470 cm³/mol. The Morgan fingerprint density at radius 2 is 0.241 bits per heavy atom. The second kappa shape index (κ2) is 90.0. The maximum Gasteiger partial charge on any atom is 0.307 e. The molecule has 0 heterocycles. The van der Waals surface area contributed by atoms with Crippen LogP contribution in [0.4, 0.5) is 0 Å². The van der Waals surface area contributed by atoms with E-state index >= 15 is 0 Å².